The van der Waals surface area contributed by atoms with Crippen LogP contribution in [-0.2, 0) is 24.8 Å². The van der Waals surface area contributed by atoms with Crippen LogP contribution in [0.25, 0.3) is 11.1 Å². The van der Waals surface area contributed by atoms with Crippen LogP contribution in [0.15, 0.2) is 67.3 Å². The molecule has 1 aliphatic heterocycles. The molecule has 45 heavy (non-hydrogen) atoms. The van der Waals surface area contributed by atoms with Crippen molar-refractivity contribution in [2.75, 3.05) is 18.0 Å². The van der Waals surface area contributed by atoms with Gasteiger partial charge in [0.15, 0.2) is 0 Å². The van der Waals surface area contributed by atoms with Crippen LogP contribution in [0.3, 0.4) is 0 Å². The quantitative estimate of drug-likeness (QED) is 0.284. The van der Waals surface area contributed by atoms with E-state index in [1.807, 2.05) is 73.0 Å². The number of aliphatic hydroxyl groups is 1. The molecule has 4 aromatic rings. The molecule has 232 valence electrons. The number of piperidine rings is 1. The van der Waals surface area contributed by atoms with Crippen molar-refractivity contribution in [2.24, 2.45) is 18.9 Å². The number of carbonyl (C=O) groups excluding carboxylic acids is 1. The van der Waals surface area contributed by atoms with E-state index in [4.69, 9.17) is 9.97 Å². The zero-order chi connectivity index (χ0) is 31.2. The highest BCUT2D eigenvalue weighted by molar-refractivity contribution is 5.83. The first-order chi connectivity index (χ1) is 22.0. The van der Waals surface area contributed by atoms with Crippen LogP contribution in [-0.4, -0.2) is 54.9 Å². The van der Waals surface area contributed by atoms with Gasteiger partial charge in [0.1, 0.15) is 23.3 Å². The minimum absolute atomic E-state index is 0.00715. The highest BCUT2D eigenvalue weighted by Gasteiger charge is 2.34. The molecule has 1 saturated carbocycles. The van der Waals surface area contributed by atoms with Crippen LogP contribution in [0.4, 0.5) is 5.82 Å². The third-order valence-electron chi connectivity index (χ3n) is 9.20. The second-order valence-electron chi connectivity index (χ2n) is 12.4. The lowest BCUT2D eigenvalue weighted by Crippen LogP contribution is -2.39. The molecule has 3 aromatic heterocycles. The lowest BCUT2D eigenvalue weighted by molar-refractivity contribution is -0.124. The Hall–Kier alpha value is -4.62. The molecule has 2 fully saturated rings. The summed E-state index contributed by atoms with van der Waals surface area (Å²) in [7, 11) is 1.89. The minimum atomic E-state index is -0.405. The van der Waals surface area contributed by atoms with Crippen molar-refractivity contribution in [2.45, 2.75) is 63.5 Å². The number of aromatic nitrogens is 5. The molecule has 2 atom stereocenters. The average Bonchev–Trinajstić information content (AvgIpc) is 3.51. The second kappa shape index (κ2) is 14.0. The molecule has 10 nitrogen and oxygen atoms in total. The van der Waals surface area contributed by atoms with Crippen molar-refractivity contribution in [1.29, 1.82) is 5.26 Å². The molecule has 10 heteroatoms. The lowest BCUT2D eigenvalue weighted by Gasteiger charge is -2.33. The van der Waals surface area contributed by atoms with Gasteiger partial charge >= 0.3 is 0 Å². The molecule has 2 aliphatic rings. The van der Waals surface area contributed by atoms with E-state index in [2.05, 4.69) is 21.5 Å². The Bertz CT molecular complexity index is 1620. The maximum atomic E-state index is 13.8. The first-order valence-corrected chi connectivity index (χ1v) is 15.9. The van der Waals surface area contributed by atoms with Crippen molar-refractivity contribution < 1.29 is 9.90 Å². The second-order valence-corrected chi connectivity index (χ2v) is 12.4. The van der Waals surface area contributed by atoms with E-state index in [-0.39, 0.29) is 17.7 Å². The first-order valence-electron chi connectivity index (χ1n) is 15.9. The van der Waals surface area contributed by atoms with Crippen LogP contribution in [0.2, 0.25) is 0 Å². The number of β-amino-alcohol motifs (C(OH)–C–C–N with tert-alkyl or cyclic N) is 1. The fraction of sp³-hybridized carbons (Fsp3) is 0.429. The SMILES string of the molecule is Cn1cc(-c2ccc(C(C(=O)NCc3ccccc3)[C@H]3CC[C@H](Cc4ncc(C#N)c(N5CCCC(O)C5)n4)CC3)nc2)cn1. The molecule has 2 unspecified atom stereocenters. The molecule has 1 aromatic carbocycles. The minimum Gasteiger partial charge on any atom is -0.391 e. The Morgan fingerprint density at radius 1 is 1.04 bits per heavy atom. The van der Waals surface area contributed by atoms with Gasteiger partial charge < -0.3 is 15.3 Å². The lowest BCUT2D eigenvalue weighted by atomic mass is 9.73. The van der Waals surface area contributed by atoms with Gasteiger partial charge in [-0.15, -0.1) is 0 Å². The highest BCUT2D eigenvalue weighted by atomic mass is 16.3. The Labute approximate surface area is 264 Å². The van der Waals surface area contributed by atoms with Gasteiger partial charge in [0.05, 0.1) is 30.1 Å². The number of rotatable bonds is 9. The van der Waals surface area contributed by atoms with E-state index in [0.717, 1.165) is 79.7 Å². The summed E-state index contributed by atoms with van der Waals surface area (Å²) in [5.41, 5.74) is 4.27. The molecule has 2 N–H and O–H groups in total. The molecule has 4 heterocycles. The van der Waals surface area contributed by atoms with Crippen LogP contribution in [0.5, 0.6) is 0 Å². The smallest absolute Gasteiger partial charge is 0.229 e. The van der Waals surface area contributed by atoms with E-state index in [1.165, 1.54) is 0 Å². The molecule has 0 spiro atoms. The number of hydrogen-bond acceptors (Lipinski definition) is 8. The van der Waals surface area contributed by atoms with E-state index in [1.54, 1.807) is 10.9 Å². The van der Waals surface area contributed by atoms with Gasteiger partial charge in [0.25, 0.3) is 0 Å². The molecule has 1 amide bonds. The van der Waals surface area contributed by atoms with Crippen molar-refractivity contribution in [1.82, 2.24) is 30.0 Å². The average molecular weight is 605 g/mol. The standard InChI is InChI=1S/C35H40N8O2/c1-42-22-29(21-40-42)27-13-14-31(37-19-27)33(35(45)39-18-25-6-3-2-4-7-25)26-11-9-24(10-12-26)16-32-38-20-28(17-36)34(41-32)43-15-5-8-30(44)23-43/h2-4,6-7,13-14,19-22,24,26,30,33,44H,5,8-12,15-16,18,23H2,1H3,(H,39,45)/t24-,26-,30?,33?. The van der Waals surface area contributed by atoms with Gasteiger partial charge in [-0.1, -0.05) is 36.4 Å². The number of pyridine rings is 1. The van der Waals surface area contributed by atoms with Crippen LogP contribution < -0.4 is 10.2 Å². The summed E-state index contributed by atoms with van der Waals surface area (Å²) in [5, 5.41) is 27.3. The predicted octanol–water partition coefficient (Wildman–Crippen LogP) is 4.55. The Morgan fingerprint density at radius 2 is 1.87 bits per heavy atom. The van der Waals surface area contributed by atoms with E-state index < -0.39 is 6.10 Å². The number of benzene rings is 1. The summed E-state index contributed by atoms with van der Waals surface area (Å²) in [6, 6.07) is 16.2. The predicted molar refractivity (Wildman–Crippen MR) is 171 cm³/mol. The third kappa shape index (κ3) is 7.37. The maximum Gasteiger partial charge on any atom is 0.229 e. The van der Waals surface area contributed by atoms with Gasteiger partial charge in [-0.3, -0.25) is 14.5 Å². The van der Waals surface area contributed by atoms with Gasteiger partial charge in [0.2, 0.25) is 5.91 Å². The van der Waals surface area contributed by atoms with Crippen molar-refractivity contribution >= 4 is 11.7 Å². The van der Waals surface area contributed by atoms with Crippen LogP contribution in [0, 0.1) is 23.2 Å². The van der Waals surface area contributed by atoms with Gasteiger partial charge in [-0.25, -0.2) is 9.97 Å². The molecular formula is C35H40N8O2. The summed E-state index contributed by atoms with van der Waals surface area (Å²) in [5.74, 6) is 1.58. The number of nitrogens with one attached hydrogen (secondary N) is 1. The fourth-order valence-corrected chi connectivity index (χ4v) is 6.77. The molecular weight excluding hydrogens is 564 g/mol. The normalized spacial score (nSPS) is 20.7. The summed E-state index contributed by atoms with van der Waals surface area (Å²) < 4.78 is 1.77. The summed E-state index contributed by atoms with van der Waals surface area (Å²) in [4.78, 5) is 30.0. The number of carbonyl (C=O) groups is 1. The zero-order valence-corrected chi connectivity index (χ0v) is 25.7. The molecule has 0 bridgehead atoms. The number of nitriles is 1. The monoisotopic (exact) mass is 604 g/mol. The third-order valence-corrected chi connectivity index (χ3v) is 9.20. The van der Waals surface area contributed by atoms with E-state index >= 15 is 0 Å². The van der Waals surface area contributed by atoms with Crippen LogP contribution in [0.1, 0.15) is 67.1 Å². The fourth-order valence-electron chi connectivity index (χ4n) is 6.77. The molecule has 1 saturated heterocycles. The van der Waals surface area contributed by atoms with E-state index in [0.29, 0.717) is 30.4 Å². The van der Waals surface area contributed by atoms with Crippen molar-refractivity contribution in [3.63, 3.8) is 0 Å². The Morgan fingerprint density at radius 3 is 2.56 bits per heavy atom. The number of amides is 1. The number of aliphatic hydroxyl groups excluding tert-OH is 1. The van der Waals surface area contributed by atoms with Gasteiger partial charge in [-0.2, -0.15) is 10.4 Å². The topological polar surface area (TPSA) is 133 Å². The maximum absolute atomic E-state index is 13.8. The number of hydrogen-bond donors (Lipinski definition) is 2. The highest BCUT2D eigenvalue weighted by Crippen LogP contribution is 2.39. The molecule has 1 aliphatic carbocycles. The first kappa shape index (κ1) is 30.4. The zero-order valence-electron chi connectivity index (χ0n) is 25.7. The summed E-state index contributed by atoms with van der Waals surface area (Å²) in [6.45, 7) is 1.74. The largest absolute Gasteiger partial charge is 0.391 e. The Balaban J connectivity index is 1.15. The number of anilines is 1. The molecule has 0 radical (unpaired) electrons. The van der Waals surface area contributed by atoms with Crippen molar-refractivity contribution in [3.8, 4) is 17.2 Å². The summed E-state index contributed by atoms with van der Waals surface area (Å²) >= 11 is 0. The Kier molecular flexibility index (Phi) is 9.46. The number of nitrogens with zero attached hydrogens (tertiary/aromatic N) is 7. The number of aryl methyl sites for hydroxylation is 1. The van der Waals surface area contributed by atoms with E-state index in [9.17, 15) is 15.2 Å². The van der Waals surface area contributed by atoms with Crippen molar-refractivity contribution in [3.05, 3.63) is 89.9 Å². The van der Waals surface area contributed by atoms with Gasteiger partial charge in [-0.05, 0) is 62.0 Å². The summed E-state index contributed by atoms with van der Waals surface area (Å²) in [6.07, 6.45) is 12.9. The van der Waals surface area contributed by atoms with Gasteiger partial charge in [0, 0.05) is 56.6 Å². The molecule has 6 rings (SSSR count). The van der Waals surface area contributed by atoms with Crippen LogP contribution >= 0.6 is 0 Å².